The van der Waals surface area contributed by atoms with Gasteiger partial charge in [0.1, 0.15) is 6.04 Å². The van der Waals surface area contributed by atoms with Crippen molar-refractivity contribution in [2.75, 3.05) is 17.1 Å². The highest BCUT2D eigenvalue weighted by Crippen LogP contribution is 2.31. The zero-order chi connectivity index (χ0) is 30.9. The summed E-state index contributed by atoms with van der Waals surface area (Å²) < 4.78 is 26.5. The van der Waals surface area contributed by atoms with Gasteiger partial charge in [-0.1, -0.05) is 90.3 Å². The fourth-order valence-electron chi connectivity index (χ4n) is 4.46. The first-order chi connectivity index (χ1) is 19.9. The molecule has 3 aromatic rings. The molecule has 11 heteroatoms. The molecule has 0 aliphatic carbocycles. The largest absolute Gasteiger partial charge is 0.352 e. The van der Waals surface area contributed by atoms with Crippen LogP contribution in [0.15, 0.2) is 72.8 Å². The Balaban J connectivity index is 1.92. The Morgan fingerprint density at radius 2 is 1.60 bits per heavy atom. The van der Waals surface area contributed by atoms with E-state index in [1.54, 1.807) is 23.1 Å². The topological polar surface area (TPSA) is 86.8 Å². The van der Waals surface area contributed by atoms with Gasteiger partial charge in [-0.2, -0.15) is 0 Å². The molecule has 2 amide bonds. The molecule has 0 bridgehead atoms. The van der Waals surface area contributed by atoms with E-state index in [1.165, 1.54) is 12.1 Å². The van der Waals surface area contributed by atoms with Crippen LogP contribution in [0.3, 0.4) is 0 Å². The van der Waals surface area contributed by atoms with Gasteiger partial charge in [0.15, 0.2) is 0 Å². The molecule has 0 aliphatic rings. The molecule has 0 radical (unpaired) electrons. The molecule has 0 aromatic heterocycles. The number of sulfonamides is 1. The number of anilines is 1. The van der Waals surface area contributed by atoms with E-state index in [9.17, 15) is 18.0 Å². The van der Waals surface area contributed by atoms with Crippen molar-refractivity contribution in [2.24, 2.45) is 0 Å². The van der Waals surface area contributed by atoms with Gasteiger partial charge < -0.3 is 10.2 Å². The van der Waals surface area contributed by atoms with E-state index in [2.05, 4.69) is 5.32 Å². The van der Waals surface area contributed by atoms with Crippen LogP contribution in [-0.4, -0.2) is 50.0 Å². The quantitative estimate of drug-likeness (QED) is 0.209. The number of halogens is 3. The van der Waals surface area contributed by atoms with Gasteiger partial charge in [0.25, 0.3) is 0 Å². The van der Waals surface area contributed by atoms with Gasteiger partial charge in [0, 0.05) is 42.0 Å². The van der Waals surface area contributed by atoms with Crippen molar-refractivity contribution in [3.63, 3.8) is 0 Å². The number of nitrogens with zero attached hydrogens (tertiary/aromatic N) is 2. The van der Waals surface area contributed by atoms with Gasteiger partial charge in [-0.05, 0) is 55.2 Å². The summed E-state index contributed by atoms with van der Waals surface area (Å²) in [6.45, 7) is 3.99. The van der Waals surface area contributed by atoms with E-state index in [4.69, 9.17) is 34.8 Å². The molecule has 2 atom stereocenters. The molecular formula is C31H36Cl3N3O4S. The summed E-state index contributed by atoms with van der Waals surface area (Å²) in [5.74, 6) is -0.571. The lowest BCUT2D eigenvalue weighted by molar-refractivity contribution is -0.141. The van der Waals surface area contributed by atoms with Crippen molar-refractivity contribution in [3.8, 4) is 0 Å². The number of carbonyl (C=O) groups excluding carboxylic acids is 2. The first-order valence-electron chi connectivity index (χ1n) is 13.7. The van der Waals surface area contributed by atoms with Gasteiger partial charge in [0.2, 0.25) is 21.8 Å². The van der Waals surface area contributed by atoms with Gasteiger partial charge >= 0.3 is 0 Å². The third-order valence-corrected chi connectivity index (χ3v) is 9.00. The van der Waals surface area contributed by atoms with Crippen molar-refractivity contribution in [3.05, 3.63) is 99.0 Å². The minimum absolute atomic E-state index is 0.00696. The fourth-order valence-corrected chi connectivity index (χ4v) is 6.07. The first kappa shape index (κ1) is 33.7. The summed E-state index contributed by atoms with van der Waals surface area (Å²) in [7, 11) is -3.73. The van der Waals surface area contributed by atoms with Crippen LogP contribution in [-0.2, 0) is 32.6 Å². The molecule has 3 aromatic carbocycles. The van der Waals surface area contributed by atoms with E-state index < -0.39 is 16.1 Å². The van der Waals surface area contributed by atoms with Crippen molar-refractivity contribution in [1.82, 2.24) is 10.2 Å². The maximum absolute atomic E-state index is 13.9. The molecule has 3 rings (SSSR count). The molecule has 0 aliphatic heterocycles. The van der Waals surface area contributed by atoms with E-state index >= 15 is 0 Å². The van der Waals surface area contributed by atoms with Crippen LogP contribution in [0.5, 0.6) is 0 Å². The third kappa shape index (κ3) is 9.63. The van der Waals surface area contributed by atoms with Crippen molar-refractivity contribution >= 4 is 62.3 Å². The summed E-state index contributed by atoms with van der Waals surface area (Å²) in [4.78, 5) is 29.1. The zero-order valence-electron chi connectivity index (χ0n) is 23.9. The van der Waals surface area contributed by atoms with E-state index in [0.717, 1.165) is 22.5 Å². The zero-order valence-corrected chi connectivity index (χ0v) is 27.0. The second-order valence-corrected chi connectivity index (χ2v) is 13.3. The Morgan fingerprint density at radius 3 is 2.24 bits per heavy atom. The highest BCUT2D eigenvalue weighted by molar-refractivity contribution is 7.92. The standard InChI is InChI=1S/C31H36Cl3N3O4S/c1-4-22(2)35-31(39)29(19-23-11-6-5-7-12-23)36(21-24-13-8-9-14-26(24)33)30(38)15-10-18-37(42(3,40)41)28-20-25(32)16-17-27(28)34/h5-9,11-14,16-17,20,22,29H,4,10,15,18-19,21H2,1-3H3,(H,35,39)/t22-,29-/m0/s1. The smallest absolute Gasteiger partial charge is 0.243 e. The second-order valence-electron chi connectivity index (χ2n) is 10.2. The van der Waals surface area contributed by atoms with Gasteiger partial charge in [-0.3, -0.25) is 13.9 Å². The first-order valence-corrected chi connectivity index (χ1v) is 16.7. The minimum atomic E-state index is -3.73. The van der Waals surface area contributed by atoms with Crippen LogP contribution in [0.4, 0.5) is 5.69 Å². The molecule has 42 heavy (non-hydrogen) atoms. The molecule has 7 nitrogen and oxygen atoms in total. The maximum Gasteiger partial charge on any atom is 0.243 e. The third-order valence-electron chi connectivity index (χ3n) is 6.90. The lowest BCUT2D eigenvalue weighted by atomic mass is 10.0. The molecule has 0 unspecified atom stereocenters. The van der Waals surface area contributed by atoms with E-state index in [-0.39, 0.29) is 54.5 Å². The Morgan fingerprint density at radius 1 is 0.929 bits per heavy atom. The number of rotatable bonds is 14. The summed E-state index contributed by atoms with van der Waals surface area (Å²) in [5.41, 5.74) is 1.84. The predicted octanol–water partition coefficient (Wildman–Crippen LogP) is 6.75. The predicted molar refractivity (Wildman–Crippen MR) is 172 cm³/mol. The highest BCUT2D eigenvalue weighted by Gasteiger charge is 2.31. The second kappa shape index (κ2) is 15.6. The summed E-state index contributed by atoms with van der Waals surface area (Å²) in [6, 6.07) is 20.4. The lowest BCUT2D eigenvalue weighted by Gasteiger charge is -2.33. The van der Waals surface area contributed by atoms with Crippen molar-refractivity contribution in [2.45, 2.75) is 58.2 Å². The fraction of sp³-hybridized carbons (Fsp3) is 0.355. The van der Waals surface area contributed by atoms with Gasteiger partial charge in [-0.25, -0.2) is 8.42 Å². The number of hydrogen-bond acceptors (Lipinski definition) is 4. The van der Waals surface area contributed by atoms with Gasteiger partial charge in [-0.15, -0.1) is 0 Å². The van der Waals surface area contributed by atoms with E-state index in [1.807, 2.05) is 56.3 Å². The minimum Gasteiger partial charge on any atom is -0.352 e. The Hall–Kier alpha value is -2.78. The maximum atomic E-state index is 13.9. The molecule has 0 heterocycles. The normalized spacial score (nSPS) is 12.8. The van der Waals surface area contributed by atoms with Crippen LogP contribution < -0.4 is 9.62 Å². The number of carbonyl (C=O) groups is 2. The molecule has 0 fully saturated rings. The molecule has 0 spiro atoms. The average molecular weight is 653 g/mol. The highest BCUT2D eigenvalue weighted by atomic mass is 35.5. The van der Waals surface area contributed by atoms with E-state index in [0.29, 0.717) is 22.0 Å². The number of hydrogen-bond donors (Lipinski definition) is 1. The Kier molecular flexibility index (Phi) is 12.5. The number of nitrogens with one attached hydrogen (secondary N) is 1. The summed E-state index contributed by atoms with van der Waals surface area (Å²) in [5, 5.41) is 4.07. The molecule has 1 N–H and O–H groups in total. The summed E-state index contributed by atoms with van der Waals surface area (Å²) in [6.07, 6.45) is 2.27. The summed E-state index contributed by atoms with van der Waals surface area (Å²) >= 11 is 18.9. The lowest BCUT2D eigenvalue weighted by Crippen LogP contribution is -2.52. The molecule has 0 saturated carbocycles. The van der Waals surface area contributed by atoms with Crippen molar-refractivity contribution < 1.29 is 18.0 Å². The number of amides is 2. The SMILES string of the molecule is CC[C@H](C)NC(=O)[C@H](Cc1ccccc1)N(Cc1ccccc1Cl)C(=O)CCCN(c1cc(Cl)ccc1Cl)S(C)(=O)=O. The molecular weight excluding hydrogens is 617 g/mol. The average Bonchev–Trinajstić information content (AvgIpc) is 2.95. The Labute approximate surface area is 263 Å². The van der Waals surface area contributed by atoms with Crippen LogP contribution in [0.2, 0.25) is 15.1 Å². The Bertz CT molecular complexity index is 1470. The number of benzene rings is 3. The monoisotopic (exact) mass is 651 g/mol. The van der Waals surface area contributed by atoms with Crippen LogP contribution in [0, 0.1) is 0 Å². The molecule has 226 valence electrons. The van der Waals surface area contributed by atoms with Crippen molar-refractivity contribution in [1.29, 1.82) is 0 Å². The van der Waals surface area contributed by atoms with Crippen LogP contribution >= 0.6 is 34.8 Å². The van der Waals surface area contributed by atoms with Gasteiger partial charge in [0.05, 0.1) is 17.0 Å². The van der Waals surface area contributed by atoms with Crippen LogP contribution in [0.25, 0.3) is 0 Å². The molecule has 0 saturated heterocycles. The van der Waals surface area contributed by atoms with Crippen LogP contribution in [0.1, 0.15) is 44.2 Å².